The second kappa shape index (κ2) is 16.8. The molecule has 0 atom stereocenters. The average Bonchev–Trinajstić information content (AvgIpc) is 3.77. The number of benzene rings is 11. The van der Waals surface area contributed by atoms with Gasteiger partial charge in [0, 0.05) is 27.6 Å². The molecule has 0 bridgehead atoms. The number of hydrogen-bond acceptors (Lipinski definition) is 2. The standard InChI is InChI=1S/C64H43NO/c1-5-17-44(18-6-1)46-31-33-48(34-32-46)53-37-40-59(57(41-53)50-23-11-4-12-24-50)65(54-38-35-47(36-39-54)45-19-7-2-8-20-45)60-29-15-27-55(49-21-9-3-10-22-49)63(60)56-28-16-30-61-64(56)58-42-51-25-13-14-26-52(51)43-62(58)66-61/h1-43H. The van der Waals surface area contributed by atoms with Gasteiger partial charge in [-0.3, -0.25) is 0 Å². The average molecular weight is 842 g/mol. The molecular formula is C64H43NO. The van der Waals surface area contributed by atoms with Crippen molar-refractivity contribution in [2.75, 3.05) is 4.90 Å². The van der Waals surface area contributed by atoms with E-state index >= 15 is 0 Å². The summed E-state index contributed by atoms with van der Waals surface area (Å²) >= 11 is 0. The highest BCUT2D eigenvalue weighted by atomic mass is 16.3. The lowest BCUT2D eigenvalue weighted by molar-refractivity contribution is 0.669. The summed E-state index contributed by atoms with van der Waals surface area (Å²) in [5.74, 6) is 0. The van der Waals surface area contributed by atoms with E-state index in [2.05, 4.69) is 266 Å². The van der Waals surface area contributed by atoms with Gasteiger partial charge in [-0.05, 0) is 115 Å². The van der Waals surface area contributed by atoms with E-state index in [1.165, 1.54) is 22.1 Å². The Bertz CT molecular complexity index is 3650. The summed E-state index contributed by atoms with van der Waals surface area (Å²) in [5.41, 5.74) is 18.7. The summed E-state index contributed by atoms with van der Waals surface area (Å²) in [7, 11) is 0. The predicted octanol–water partition coefficient (Wildman–Crippen LogP) is 18.2. The Hall–Kier alpha value is -8.72. The monoisotopic (exact) mass is 841 g/mol. The molecule has 0 spiro atoms. The molecule has 0 radical (unpaired) electrons. The van der Waals surface area contributed by atoms with E-state index in [0.29, 0.717) is 0 Å². The van der Waals surface area contributed by atoms with Crippen molar-refractivity contribution in [3.05, 3.63) is 261 Å². The molecule has 11 aromatic carbocycles. The Morgan fingerprint density at radius 3 is 1.36 bits per heavy atom. The van der Waals surface area contributed by atoms with E-state index in [1.807, 2.05) is 0 Å². The molecule has 2 heteroatoms. The van der Waals surface area contributed by atoms with Gasteiger partial charge in [0.2, 0.25) is 0 Å². The molecule has 66 heavy (non-hydrogen) atoms. The second-order valence-electron chi connectivity index (χ2n) is 16.8. The molecule has 2 nitrogen and oxygen atoms in total. The highest BCUT2D eigenvalue weighted by molar-refractivity contribution is 6.18. The third kappa shape index (κ3) is 7.12. The molecule has 0 saturated carbocycles. The van der Waals surface area contributed by atoms with E-state index in [1.54, 1.807) is 0 Å². The van der Waals surface area contributed by atoms with Crippen molar-refractivity contribution >= 4 is 49.8 Å². The first kappa shape index (κ1) is 38.9. The van der Waals surface area contributed by atoms with E-state index < -0.39 is 0 Å². The van der Waals surface area contributed by atoms with Crippen molar-refractivity contribution in [2.24, 2.45) is 0 Å². The van der Waals surface area contributed by atoms with Crippen LogP contribution in [0.2, 0.25) is 0 Å². The van der Waals surface area contributed by atoms with Crippen LogP contribution in [0.4, 0.5) is 17.1 Å². The van der Waals surface area contributed by atoms with Crippen molar-refractivity contribution < 1.29 is 4.42 Å². The van der Waals surface area contributed by atoms with Crippen LogP contribution in [-0.2, 0) is 0 Å². The largest absolute Gasteiger partial charge is 0.456 e. The zero-order chi connectivity index (χ0) is 43.8. The van der Waals surface area contributed by atoms with Gasteiger partial charge >= 0.3 is 0 Å². The van der Waals surface area contributed by atoms with Gasteiger partial charge < -0.3 is 9.32 Å². The molecule has 0 fully saturated rings. The summed E-state index contributed by atoms with van der Waals surface area (Å²) in [6.45, 7) is 0. The van der Waals surface area contributed by atoms with Gasteiger partial charge in [-0.25, -0.2) is 0 Å². The molecule has 0 amide bonds. The van der Waals surface area contributed by atoms with Gasteiger partial charge in [-0.1, -0.05) is 212 Å². The van der Waals surface area contributed by atoms with E-state index in [4.69, 9.17) is 4.42 Å². The lowest BCUT2D eigenvalue weighted by Crippen LogP contribution is -2.13. The Labute approximate surface area is 384 Å². The van der Waals surface area contributed by atoms with Crippen molar-refractivity contribution in [1.82, 2.24) is 0 Å². The molecule has 12 aromatic rings. The van der Waals surface area contributed by atoms with Crippen LogP contribution in [-0.4, -0.2) is 0 Å². The normalized spacial score (nSPS) is 11.3. The maximum absolute atomic E-state index is 6.74. The number of rotatable bonds is 9. The third-order valence-electron chi connectivity index (χ3n) is 12.9. The molecule has 0 aliphatic heterocycles. The van der Waals surface area contributed by atoms with Crippen LogP contribution < -0.4 is 4.90 Å². The molecular weight excluding hydrogens is 799 g/mol. The zero-order valence-corrected chi connectivity index (χ0v) is 36.2. The van der Waals surface area contributed by atoms with Gasteiger partial charge in [-0.15, -0.1) is 0 Å². The van der Waals surface area contributed by atoms with Crippen molar-refractivity contribution in [3.63, 3.8) is 0 Å². The summed E-state index contributed by atoms with van der Waals surface area (Å²) in [6.07, 6.45) is 0. The summed E-state index contributed by atoms with van der Waals surface area (Å²) in [6, 6.07) is 94.0. The van der Waals surface area contributed by atoms with Crippen LogP contribution in [0.5, 0.6) is 0 Å². The van der Waals surface area contributed by atoms with Gasteiger partial charge in [0.15, 0.2) is 0 Å². The minimum atomic E-state index is 0.859. The van der Waals surface area contributed by atoms with Crippen LogP contribution in [0, 0.1) is 0 Å². The Morgan fingerprint density at radius 2 is 0.742 bits per heavy atom. The van der Waals surface area contributed by atoms with Gasteiger partial charge in [-0.2, -0.15) is 0 Å². The molecule has 12 rings (SSSR count). The Kier molecular flexibility index (Phi) is 9.89. The van der Waals surface area contributed by atoms with E-state index in [0.717, 1.165) is 94.5 Å². The Balaban J connectivity index is 1.13. The van der Waals surface area contributed by atoms with Gasteiger partial charge in [0.05, 0.1) is 11.4 Å². The molecule has 0 N–H and O–H groups in total. The molecule has 1 heterocycles. The number of furan rings is 1. The number of hydrogen-bond donors (Lipinski definition) is 0. The number of fused-ring (bicyclic) bond motifs is 4. The molecule has 0 saturated heterocycles. The van der Waals surface area contributed by atoms with E-state index in [9.17, 15) is 0 Å². The summed E-state index contributed by atoms with van der Waals surface area (Å²) in [4.78, 5) is 2.47. The first-order valence-electron chi connectivity index (χ1n) is 22.6. The van der Waals surface area contributed by atoms with Crippen LogP contribution >= 0.6 is 0 Å². The van der Waals surface area contributed by atoms with Crippen molar-refractivity contribution in [1.29, 1.82) is 0 Å². The van der Waals surface area contributed by atoms with Crippen LogP contribution in [0.1, 0.15) is 0 Å². The van der Waals surface area contributed by atoms with Gasteiger partial charge in [0.1, 0.15) is 11.2 Å². The molecule has 0 aliphatic rings. The SMILES string of the molecule is c1ccc(-c2ccc(-c3ccc(N(c4ccc(-c5ccccc5)cc4)c4cccc(-c5ccccc5)c4-c4cccc5oc6cc7ccccc7cc6c45)c(-c4ccccc4)c3)cc2)cc1. The predicted molar refractivity (Wildman–Crippen MR) is 279 cm³/mol. The summed E-state index contributed by atoms with van der Waals surface area (Å²) < 4.78 is 6.74. The number of anilines is 3. The fourth-order valence-electron chi connectivity index (χ4n) is 9.67. The maximum atomic E-state index is 6.74. The van der Waals surface area contributed by atoms with Crippen molar-refractivity contribution in [2.45, 2.75) is 0 Å². The third-order valence-corrected chi connectivity index (χ3v) is 12.9. The summed E-state index contributed by atoms with van der Waals surface area (Å²) in [5, 5.41) is 4.53. The fourth-order valence-corrected chi connectivity index (χ4v) is 9.67. The molecule has 310 valence electrons. The molecule has 1 aromatic heterocycles. The van der Waals surface area contributed by atoms with Crippen LogP contribution in [0.3, 0.4) is 0 Å². The topological polar surface area (TPSA) is 16.4 Å². The Morgan fingerprint density at radius 1 is 0.273 bits per heavy atom. The fraction of sp³-hybridized carbons (Fsp3) is 0. The molecule has 0 aliphatic carbocycles. The lowest BCUT2D eigenvalue weighted by Gasteiger charge is -2.31. The highest BCUT2D eigenvalue weighted by Gasteiger charge is 2.26. The first-order chi connectivity index (χ1) is 32.7. The second-order valence-corrected chi connectivity index (χ2v) is 16.8. The maximum Gasteiger partial charge on any atom is 0.136 e. The smallest absolute Gasteiger partial charge is 0.136 e. The zero-order valence-electron chi connectivity index (χ0n) is 36.2. The first-order valence-corrected chi connectivity index (χ1v) is 22.6. The highest BCUT2D eigenvalue weighted by Crippen LogP contribution is 2.51. The van der Waals surface area contributed by atoms with Crippen molar-refractivity contribution in [3.8, 4) is 66.8 Å². The van der Waals surface area contributed by atoms with E-state index in [-0.39, 0.29) is 0 Å². The van der Waals surface area contributed by atoms with Gasteiger partial charge in [0.25, 0.3) is 0 Å². The van der Waals surface area contributed by atoms with Crippen LogP contribution in [0.15, 0.2) is 265 Å². The number of nitrogens with zero attached hydrogens (tertiary/aromatic N) is 1. The lowest BCUT2D eigenvalue weighted by atomic mass is 9.89. The molecule has 0 unspecified atom stereocenters. The van der Waals surface area contributed by atoms with Crippen LogP contribution in [0.25, 0.3) is 99.5 Å². The quantitative estimate of drug-likeness (QED) is 0.144. The minimum absolute atomic E-state index is 0.859. The minimum Gasteiger partial charge on any atom is -0.456 e.